The van der Waals surface area contributed by atoms with Crippen molar-refractivity contribution >= 4 is 12.9 Å². The molecule has 0 unspecified atom stereocenters. The van der Waals surface area contributed by atoms with E-state index < -0.39 is 5.60 Å². The van der Waals surface area contributed by atoms with Gasteiger partial charge in [-0.05, 0) is 119 Å². The number of hydrogen-bond donors (Lipinski definition) is 1. The van der Waals surface area contributed by atoms with Crippen molar-refractivity contribution in [3.05, 3.63) is 0 Å². The van der Waals surface area contributed by atoms with E-state index in [1.165, 1.54) is 0 Å². The van der Waals surface area contributed by atoms with Crippen molar-refractivity contribution in [2.75, 3.05) is 7.11 Å². The van der Waals surface area contributed by atoms with Crippen LogP contribution >= 0.6 is 0 Å². The van der Waals surface area contributed by atoms with Gasteiger partial charge in [0.25, 0.3) is 12.9 Å². The fourth-order valence-electron chi connectivity index (χ4n) is 11.1. The topological polar surface area (TPSA) is 82.1 Å². The first-order valence-corrected chi connectivity index (χ1v) is 15.5. The molecule has 6 nitrogen and oxygen atoms in total. The van der Waals surface area contributed by atoms with E-state index in [1.807, 2.05) is 6.92 Å². The lowest BCUT2D eigenvalue weighted by Crippen LogP contribution is -2.67. The van der Waals surface area contributed by atoms with Crippen molar-refractivity contribution in [1.82, 2.24) is 0 Å². The van der Waals surface area contributed by atoms with Gasteiger partial charge in [0.05, 0.1) is 11.2 Å². The Balaban J connectivity index is 1.66. The Bertz CT molecular complexity index is 912. The first-order chi connectivity index (χ1) is 18.0. The number of ether oxygens (including phenoxy) is 3. The summed E-state index contributed by atoms with van der Waals surface area (Å²) in [5, 5.41) is 12.0. The Morgan fingerprint density at radius 2 is 1.49 bits per heavy atom. The lowest BCUT2D eigenvalue weighted by Gasteiger charge is -2.70. The van der Waals surface area contributed by atoms with Crippen LogP contribution in [0.5, 0.6) is 0 Å². The number of fused-ring (bicyclic) bond motifs is 5. The predicted octanol–water partition coefficient (Wildman–Crippen LogP) is 6.71. The Hall–Kier alpha value is -1.14. The van der Waals surface area contributed by atoms with Crippen molar-refractivity contribution in [2.24, 2.45) is 45.3 Å². The highest BCUT2D eigenvalue weighted by atomic mass is 16.5. The maximum atomic E-state index is 12.0. The van der Waals surface area contributed by atoms with Crippen LogP contribution in [0, 0.1) is 45.3 Å². The van der Waals surface area contributed by atoms with Crippen LogP contribution in [0.4, 0.5) is 0 Å². The largest absolute Gasteiger partial charge is 0.464 e. The molecule has 4 aliphatic rings. The SMILES string of the molecule is COC(C)(C)CCC[C@@](C)(O)[C@H]1CC[C@]2(C)[C@@H]1[C@H](OC=O)C[C@@H]1[C@@]3(C)CC[C@H](OC=O)C(C)(C)[C@@H]3CC[C@]12C. The van der Waals surface area contributed by atoms with Crippen molar-refractivity contribution < 1.29 is 28.9 Å². The third kappa shape index (κ3) is 4.77. The summed E-state index contributed by atoms with van der Waals surface area (Å²) < 4.78 is 17.3. The molecule has 4 aliphatic carbocycles. The molecule has 4 saturated carbocycles. The molecule has 1 N–H and O–H groups in total. The Labute approximate surface area is 237 Å². The summed E-state index contributed by atoms with van der Waals surface area (Å²) in [7, 11) is 1.75. The van der Waals surface area contributed by atoms with Crippen LogP contribution in [-0.4, -0.2) is 48.6 Å². The van der Waals surface area contributed by atoms with Crippen molar-refractivity contribution in [3.8, 4) is 0 Å². The van der Waals surface area contributed by atoms with Gasteiger partial charge in [0.2, 0.25) is 0 Å². The monoisotopic (exact) mass is 548 g/mol. The summed E-state index contributed by atoms with van der Waals surface area (Å²) in [5.41, 5.74) is -1.00. The molecule has 10 atom stereocenters. The standard InChI is InChI=1S/C33H56O6/c1-28(2,37-9)14-10-15-33(8,36)22-11-17-32(7)27(22)23(38-20-34)19-25-30(5)16-13-26(39-21-35)29(3,4)24(30)12-18-31(25,32)6/h20-27,36H,10-19H2,1-9H3/t22-,23+,24-,25+,26-,27-,30-,31+,32+,33+/m0/s1. The quantitative estimate of drug-likeness (QED) is 0.306. The second-order valence-electron chi connectivity index (χ2n) is 15.9. The highest BCUT2D eigenvalue weighted by molar-refractivity contribution is 5.39. The zero-order valence-electron chi connectivity index (χ0n) is 26.2. The van der Waals surface area contributed by atoms with Crippen LogP contribution < -0.4 is 0 Å². The van der Waals surface area contributed by atoms with Crippen LogP contribution in [0.3, 0.4) is 0 Å². The smallest absolute Gasteiger partial charge is 0.293 e. The van der Waals surface area contributed by atoms with E-state index in [1.54, 1.807) is 7.11 Å². The van der Waals surface area contributed by atoms with Crippen LogP contribution in [0.2, 0.25) is 0 Å². The molecular formula is C33H56O6. The maximum Gasteiger partial charge on any atom is 0.293 e. The van der Waals surface area contributed by atoms with E-state index in [0.29, 0.717) is 24.8 Å². The average molecular weight is 549 g/mol. The van der Waals surface area contributed by atoms with Gasteiger partial charge in [-0.3, -0.25) is 9.59 Å². The minimum absolute atomic E-state index is 0.0294. The molecule has 0 radical (unpaired) electrons. The van der Waals surface area contributed by atoms with E-state index in [2.05, 4.69) is 48.5 Å². The molecule has 0 aromatic heterocycles. The fraction of sp³-hybridized carbons (Fsp3) is 0.939. The van der Waals surface area contributed by atoms with Crippen LogP contribution in [-0.2, 0) is 23.8 Å². The van der Waals surface area contributed by atoms with Gasteiger partial charge in [-0.15, -0.1) is 0 Å². The van der Waals surface area contributed by atoms with E-state index >= 15 is 0 Å². The average Bonchev–Trinajstić information content (AvgIpc) is 3.22. The number of rotatable bonds is 10. The Morgan fingerprint density at radius 3 is 2.10 bits per heavy atom. The van der Waals surface area contributed by atoms with E-state index in [9.17, 15) is 14.7 Å². The van der Waals surface area contributed by atoms with Crippen molar-refractivity contribution in [1.29, 1.82) is 0 Å². The van der Waals surface area contributed by atoms with Gasteiger partial charge >= 0.3 is 0 Å². The number of methoxy groups -OCH3 is 1. The zero-order chi connectivity index (χ0) is 29.1. The molecule has 0 bridgehead atoms. The maximum absolute atomic E-state index is 12.0. The van der Waals surface area contributed by atoms with Gasteiger partial charge in [0.15, 0.2) is 0 Å². The second kappa shape index (κ2) is 10.3. The molecule has 0 heterocycles. The summed E-state index contributed by atoms with van der Waals surface area (Å²) in [6.45, 7) is 19.5. The number of hydrogen-bond acceptors (Lipinski definition) is 6. The number of carbonyl (C=O) groups excluding carboxylic acids is 2. The lowest BCUT2D eigenvalue weighted by atomic mass is 9.35. The first kappa shape index (κ1) is 30.8. The van der Waals surface area contributed by atoms with Crippen molar-refractivity contribution in [3.63, 3.8) is 0 Å². The highest BCUT2D eigenvalue weighted by Crippen LogP contribution is 2.76. The Kier molecular flexibility index (Phi) is 8.13. The van der Waals surface area contributed by atoms with Crippen LogP contribution in [0.25, 0.3) is 0 Å². The second-order valence-corrected chi connectivity index (χ2v) is 15.9. The molecule has 0 spiro atoms. The first-order valence-electron chi connectivity index (χ1n) is 15.5. The minimum Gasteiger partial charge on any atom is -0.464 e. The van der Waals surface area contributed by atoms with Gasteiger partial charge in [0.1, 0.15) is 12.2 Å². The molecule has 224 valence electrons. The Morgan fingerprint density at radius 1 is 0.846 bits per heavy atom. The molecule has 0 aliphatic heterocycles. The van der Waals surface area contributed by atoms with E-state index in [4.69, 9.17) is 14.2 Å². The van der Waals surface area contributed by atoms with Crippen LogP contribution in [0.15, 0.2) is 0 Å². The van der Waals surface area contributed by atoms with E-state index in [-0.39, 0.29) is 51.3 Å². The van der Waals surface area contributed by atoms with Gasteiger partial charge in [0, 0.05) is 18.4 Å². The molecule has 0 aromatic carbocycles. The molecule has 4 fully saturated rings. The summed E-state index contributed by atoms with van der Waals surface area (Å²) >= 11 is 0. The summed E-state index contributed by atoms with van der Waals surface area (Å²) in [4.78, 5) is 23.2. The molecule has 39 heavy (non-hydrogen) atoms. The van der Waals surface area contributed by atoms with Gasteiger partial charge in [-0.2, -0.15) is 0 Å². The predicted molar refractivity (Wildman–Crippen MR) is 152 cm³/mol. The number of aliphatic hydroxyl groups is 1. The normalized spacial score (nSPS) is 44.8. The number of carbonyl (C=O) groups is 2. The van der Waals surface area contributed by atoms with Gasteiger partial charge < -0.3 is 19.3 Å². The van der Waals surface area contributed by atoms with Gasteiger partial charge in [-0.1, -0.05) is 34.6 Å². The third-order valence-electron chi connectivity index (χ3n) is 13.6. The molecule has 0 aromatic rings. The molecule has 0 amide bonds. The molecule has 0 saturated heterocycles. The summed E-state index contributed by atoms with van der Waals surface area (Å²) in [5.74, 6) is 1.06. The fourth-order valence-corrected chi connectivity index (χ4v) is 11.1. The summed E-state index contributed by atoms with van der Waals surface area (Å²) in [6.07, 6.45) is 9.25. The van der Waals surface area contributed by atoms with E-state index in [0.717, 1.165) is 64.2 Å². The lowest BCUT2D eigenvalue weighted by molar-refractivity contribution is -0.249. The van der Waals surface area contributed by atoms with Crippen LogP contribution in [0.1, 0.15) is 120 Å². The molecule has 4 rings (SSSR count). The third-order valence-corrected chi connectivity index (χ3v) is 13.6. The molecular weight excluding hydrogens is 492 g/mol. The summed E-state index contributed by atoms with van der Waals surface area (Å²) in [6, 6.07) is 0. The minimum atomic E-state index is -0.826. The zero-order valence-corrected chi connectivity index (χ0v) is 26.2. The van der Waals surface area contributed by atoms with Crippen molar-refractivity contribution in [2.45, 2.75) is 143 Å². The highest BCUT2D eigenvalue weighted by Gasteiger charge is 2.72. The molecule has 6 heteroatoms. The van der Waals surface area contributed by atoms with Gasteiger partial charge in [-0.25, -0.2) is 0 Å².